The van der Waals surface area contributed by atoms with Crippen molar-refractivity contribution in [3.63, 3.8) is 0 Å². The highest BCUT2D eigenvalue weighted by atomic mass is 16.7. The molecule has 0 aliphatic carbocycles. The predicted octanol–water partition coefficient (Wildman–Crippen LogP) is 3.08. The van der Waals surface area contributed by atoms with Crippen molar-refractivity contribution in [2.45, 2.75) is 13.0 Å². The maximum Gasteiger partial charge on any atom is 0.231 e. The lowest BCUT2D eigenvalue weighted by molar-refractivity contribution is -0.686. The Morgan fingerprint density at radius 2 is 1.86 bits per heavy atom. The maximum absolute atomic E-state index is 5.67. The van der Waals surface area contributed by atoms with Crippen molar-refractivity contribution in [3.8, 4) is 22.8 Å². The lowest BCUT2D eigenvalue weighted by atomic mass is 9.95. The lowest BCUT2D eigenvalue weighted by Crippen LogP contribution is -2.40. The summed E-state index contributed by atoms with van der Waals surface area (Å²) in [7, 11) is 0. The first-order valence-electron chi connectivity index (χ1n) is 7.24. The lowest BCUT2D eigenvalue weighted by Gasteiger charge is -2.16. The Balaban J connectivity index is 1.81. The number of ether oxygens (including phenoxy) is 2. The number of pyridine rings is 1. The molecule has 0 bridgehead atoms. The molecule has 102 valence electrons. The zero-order valence-corrected chi connectivity index (χ0v) is 11.5. The van der Waals surface area contributed by atoms with E-state index in [1.807, 2.05) is 6.07 Å². The SMILES string of the molecule is c1ccc2c[n+]3c(cc2c1)-c1ccc2c(c1CC3)OCO2. The van der Waals surface area contributed by atoms with Crippen molar-refractivity contribution in [1.29, 1.82) is 0 Å². The van der Waals surface area contributed by atoms with Gasteiger partial charge in [0.15, 0.2) is 24.2 Å². The molecule has 3 heterocycles. The summed E-state index contributed by atoms with van der Waals surface area (Å²) in [6.45, 7) is 1.32. The van der Waals surface area contributed by atoms with Gasteiger partial charge >= 0.3 is 0 Å². The molecule has 0 fully saturated rings. The number of rotatable bonds is 0. The quantitative estimate of drug-likeness (QED) is 0.589. The van der Waals surface area contributed by atoms with E-state index in [9.17, 15) is 0 Å². The van der Waals surface area contributed by atoms with E-state index >= 15 is 0 Å². The van der Waals surface area contributed by atoms with Crippen LogP contribution in [0.1, 0.15) is 5.56 Å². The van der Waals surface area contributed by atoms with Crippen LogP contribution in [0.5, 0.6) is 11.5 Å². The highest BCUT2D eigenvalue weighted by molar-refractivity contribution is 5.84. The fourth-order valence-electron chi connectivity index (χ4n) is 3.40. The van der Waals surface area contributed by atoms with Crippen molar-refractivity contribution in [1.82, 2.24) is 0 Å². The number of benzene rings is 2. The van der Waals surface area contributed by atoms with Crippen molar-refractivity contribution in [2.75, 3.05) is 6.79 Å². The first kappa shape index (κ1) is 11.1. The third kappa shape index (κ3) is 1.51. The zero-order chi connectivity index (χ0) is 13.8. The number of aromatic nitrogens is 1. The summed E-state index contributed by atoms with van der Waals surface area (Å²) >= 11 is 0. The molecule has 2 aliphatic rings. The monoisotopic (exact) mass is 276 g/mol. The van der Waals surface area contributed by atoms with Crippen molar-refractivity contribution in [3.05, 3.63) is 54.2 Å². The summed E-state index contributed by atoms with van der Waals surface area (Å²) in [5.41, 5.74) is 3.80. The van der Waals surface area contributed by atoms with Crippen LogP contribution < -0.4 is 14.0 Å². The largest absolute Gasteiger partial charge is 0.454 e. The van der Waals surface area contributed by atoms with Crippen LogP contribution in [0.2, 0.25) is 0 Å². The first-order chi connectivity index (χ1) is 10.4. The Labute approximate surface area is 122 Å². The summed E-state index contributed by atoms with van der Waals surface area (Å²) in [4.78, 5) is 0. The third-order valence-corrected chi connectivity index (χ3v) is 4.41. The Kier molecular flexibility index (Phi) is 2.11. The zero-order valence-electron chi connectivity index (χ0n) is 11.5. The molecule has 3 aromatic rings. The first-order valence-corrected chi connectivity index (χ1v) is 7.24. The molecule has 0 atom stereocenters. The van der Waals surface area contributed by atoms with Crippen LogP contribution in [0.4, 0.5) is 0 Å². The van der Waals surface area contributed by atoms with Gasteiger partial charge in [0.2, 0.25) is 12.5 Å². The molecule has 5 rings (SSSR count). The maximum atomic E-state index is 5.67. The molecule has 3 nitrogen and oxygen atoms in total. The second-order valence-electron chi connectivity index (χ2n) is 5.56. The van der Waals surface area contributed by atoms with E-state index in [2.05, 4.69) is 47.2 Å². The van der Waals surface area contributed by atoms with Gasteiger partial charge in [-0.05, 0) is 23.6 Å². The van der Waals surface area contributed by atoms with Crippen LogP contribution >= 0.6 is 0 Å². The van der Waals surface area contributed by atoms with Gasteiger partial charge in [-0.1, -0.05) is 18.2 Å². The fraction of sp³-hybridized carbons (Fsp3) is 0.167. The number of nitrogens with zero attached hydrogens (tertiary/aromatic N) is 1. The Morgan fingerprint density at radius 3 is 2.81 bits per heavy atom. The molecule has 3 heteroatoms. The molecule has 0 unspecified atom stereocenters. The van der Waals surface area contributed by atoms with Crippen molar-refractivity contribution < 1.29 is 14.0 Å². The Morgan fingerprint density at radius 1 is 0.952 bits per heavy atom. The average Bonchev–Trinajstić information content (AvgIpc) is 3.01. The van der Waals surface area contributed by atoms with E-state index in [0.29, 0.717) is 6.79 Å². The van der Waals surface area contributed by atoms with Crippen molar-refractivity contribution in [2.24, 2.45) is 0 Å². The summed E-state index contributed by atoms with van der Waals surface area (Å²) in [6.07, 6.45) is 3.23. The topological polar surface area (TPSA) is 22.3 Å². The van der Waals surface area contributed by atoms with Crippen LogP contribution in [0.3, 0.4) is 0 Å². The number of hydrogen-bond acceptors (Lipinski definition) is 2. The minimum atomic E-state index is 0.337. The molecular weight excluding hydrogens is 262 g/mol. The molecule has 0 radical (unpaired) electrons. The molecule has 2 aromatic carbocycles. The predicted molar refractivity (Wildman–Crippen MR) is 79.4 cm³/mol. The molecule has 0 saturated heterocycles. The van der Waals surface area contributed by atoms with E-state index < -0.39 is 0 Å². The minimum Gasteiger partial charge on any atom is -0.454 e. The molecule has 21 heavy (non-hydrogen) atoms. The van der Waals surface area contributed by atoms with Gasteiger partial charge in [-0.2, -0.15) is 4.57 Å². The molecule has 0 N–H and O–H groups in total. The van der Waals surface area contributed by atoms with E-state index in [4.69, 9.17) is 9.47 Å². The molecule has 2 aliphatic heterocycles. The molecular formula is C18H14NO2+. The number of hydrogen-bond donors (Lipinski definition) is 0. The second-order valence-corrected chi connectivity index (χ2v) is 5.56. The summed E-state index contributed by atoms with van der Waals surface area (Å²) in [6, 6.07) is 15.0. The van der Waals surface area contributed by atoms with Gasteiger partial charge in [0.25, 0.3) is 0 Å². The van der Waals surface area contributed by atoms with Gasteiger partial charge < -0.3 is 9.47 Å². The molecule has 0 spiro atoms. The van der Waals surface area contributed by atoms with Gasteiger partial charge in [-0.3, -0.25) is 0 Å². The smallest absolute Gasteiger partial charge is 0.231 e. The Bertz CT molecular complexity index is 886. The standard InChI is InChI=1S/C18H14NO2/c1-2-4-13-10-19-8-7-15-14(16(19)9-12(13)3-1)5-6-17-18(15)21-11-20-17/h1-6,9-10H,7-8,11H2/q+1. The summed E-state index contributed by atoms with van der Waals surface area (Å²) in [5.74, 6) is 1.81. The van der Waals surface area contributed by atoms with E-state index in [-0.39, 0.29) is 0 Å². The summed E-state index contributed by atoms with van der Waals surface area (Å²) < 4.78 is 13.5. The molecule has 1 aromatic heterocycles. The molecule has 0 saturated carbocycles. The Hall–Kier alpha value is -2.55. The number of aryl methyl sites for hydroxylation is 1. The van der Waals surface area contributed by atoms with Gasteiger partial charge in [-0.25, -0.2) is 0 Å². The third-order valence-electron chi connectivity index (χ3n) is 4.41. The van der Waals surface area contributed by atoms with E-state index in [1.165, 1.54) is 27.6 Å². The normalized spacial score (nSPS) is 14.9. The van der Waals surface area contributed by atoms with Crippen LogP contribution in [0.15, 0.2) is 48.7 Å². The molecule has 0 amide bonds. The fourth-order valence-corrected chi connectivity index (χ4v) is 3.40. The van der Waals surface area contributed by atoms with E-state index in [0.717, 1.165) is 24.5 Å². The van der Waals surface area contributed by atoms with Gasteiger partial charge in [0, 0.05) is 23.4 Å². The highest BCUT2D eigenvalue weighted by Gasteiger charge is 2.29. The van der Waals surface area contributed by atoms with Crippen LogP contribution in [0.25, 0.3) is 22.0 Å². The van der Waals surface area contributed by atoms with Crippen molar-refractivity contribution >= 4 is 10.8 Å². The van der Waals surface area contributed by atoms with Crippen LogP contribution in [-0.2, 0) is 13.0 Å². The van der Waals surface area contributed by atoms with Crippen LogP contribution in [0, 0.1) is 0 Å². The van der Waals surface area contributed by atoms with Gasteiger partial charge in [0.1, 0.15) is 0 Å². The highest BCUT2D eigenvalue weighted by Crippen LogP contribution is 2.42. The minimum absolute atomic E-state index is 0.337. The second kappa shape index (κ2) is 3.98. The van der Waals surface area contributed by atoms with E-state index in [1.54, 1.807) is 0 Å². The number of fused-ring (bicyclic) bond motifs is 6. The summed E-state index contributed by atoms with van der Waals surface area (Å²) in [5, 5.41) is 2.56. The van der Waals surface area contributed by atoms with Gasteiger partial charge in [-0.15, -0.1) is 0 Å². The van der Waals surface area contributed by atoms with Gasteiger partial charge in [0.05, 0.1) is 5.56 Å². The average molecular weight is 276 g/mol. The van der Waals surface area contributed by atoms with Crippen LogP contribution in [-0.4, -0.2) is 6.79 Å².